The second-order valence-electron chi connectivity index (χ2n) is 3.31. The Labute approximate surface area is 94.5 Å². The molecule has 0 radical (unpaired) electrons. The van der Waals surface area contributed by atoms with Crippen LogP contribution in [0.4, 0.5) is 0 Å². The fraction of sp³-hybridized carbons (Fsp3) is 0.333. The quantitative estimate of drug-likeness (QED) is 0.264. The summed E-state index contributed by atoms with van der Waals surface area (Å²) < 4.78 is 5.48. The van der Waals surface area contributed by atoms with Gasteiger partial charge in [0.05, 0.1) is 12.2 Å². The highest BCUT2D eigenvalue weighted by Gasteiger charge is 2.09. The SMILES string of the molecule is CCCCOc1ccccc1C(=O)/C=N/O. The number of benzene rings is 1. The Balaban J connectivity index is 2.79. The van der Waals surface area contributed by atoms with Crippen molar-refractivity contribution in [3.63, 3.8) is 0 Å². The van der Waals surface area contributed by atoms with Crippen molar-refractivity contribution in [1.29, 1.82) is 0 Å². The van der Waals surface area contributed by atoms with Gasteiger partial charge in [-0.2, -0.15) is 0 Å². The first-order valence-electron chi connectivity index (χ1n) is 5.23. The molecule has 1 N–H and O–H groups in total. The summed E-state index contributed by atoms with van der Waals surface area (Å²) >= 11 is 0. The number of ketones is 1. The summed E-state index contributed by atoms with van der Waals surface area (Å²) in [7, 11) is 0. The summed E-state index contributed by atoms with van der Waals surface area (Å²) in [5, 5.41) is 11.0. The van der Waals surface area contributed by atoms with E-state index in [9.17, 15) is 4.79 Å². The van der Waals surface area contributed by atoms with Gasteiger partial charge in [0.2, 0.25) is 5.78 Å². The maximum atomic E-state index is 11.5. The Morgan fingerprint density at radius 3 is 2.94 bits per heavy atom. The van der Waals surface area contributed by atoms with Gasteiger partial charge in [-0.1, -0.05) is 30.6 Å². The highest BCUT2D eigenvalue weighted by Crippen LogP contribution is 2.18. The summed E-state index contributed by atoms with van der Waals surface area (Å²) in [5.41, 5.74) is 0.413. The number of Topliss-reactive ketones (excluding diaryl/α,β-unsaturated/α-hetero) is 1. The minimum Gasteiger partial charge on any atom is -0.493 e. The Hall–Kier alpha value is -1.84. The normalized spacial score (nSPS) is 10.6. The van der Waals surface area contributed by atoms with Crippen LogP contribution in [0.3, 0.4) is 0 Å². The average molecular weight is 221 g/mol. The number of carbonyl (C=O) groups is 1. The molecule has 0 bridgehead atoms. The molecule has 0 aliphatic heterocycles. The molecule has 86 valence electrons. The van der Waals surface area contributed by atoms with Crippen LogP contribution in [-0.2, 0) is 0 Å². The third kappa shape index (κ3) is 3.38. The molecule has 0 saturated carbocycles. The zero-order valence-corrected chi connectivity index (χ0v) is 9.22. The Kier molecular flexibility index (Phi) is 5.05. The molecule has 0 heterocycles. The molecule has 0 unspecified atom stereocenters. The van der Waals surface area contributed by atoms with E-state index in [4.69, 9.17) is 9.94 Å². The van der Waals surface area contributed by atoms with Crippen LogP contribution in [-0.4, -0.2) is 23.8 Å². The van der Waals surface area contributed by atoms with Crippen LogP contribution in [0.15, 0.2) is 29.4 Å². The fourth-order valence-electron chi connectivity index (χ4n) is 1.24. The average Bonchev–Trinajstić information content (AvgIpc) is 2.30. The van der Waals surface area contributed by atoms with E-state index >= 15 is 0 Å². The second-order valence-corrected chi connectivity index (χ2v) is 3.31. The van der Waals surface area contributed by atoms with Crippen molar-refractivity contribution in [2.24, 2.45) is 5.16 Å². The summed E-state index contributed by atoms with van der Waals surface area (Å²) in [6.07, 6.45) is 2.84. The number of ether oxygens (including phenoxy) is 1. The highest BCUT2D eigenvalue weighted by atomic mass is 16.5. The molecule has 16 heavy (non-hydrogen) atoms. The smallest absolute Gasteiger partial charge is 0.211 e. The standard InChI is InChI=1S/C12H15NO3/c1-2-3-8-16-12-7-5-4-6-10(12)11(14)9-13-15/h4-7,9,15H,2-3,8H2,1H3/b13-9+. The predicted molar refractivity (Wildman–Crippen MR) is 61.5 cm³/mol. The first kappa shape index (κ1) is 12.2. The number of para-hydroxylation sites is 1. The number of unbranched alkanes of at least 4 members (excludes halogenated alkanes) is 1. The van der Waals surface area contributed by atoms with Gasteiger partial charge in [0, 0.05) is 0 Å². The Morgan fingerprint density at radius 1 is 1.50 bits per heavy atom. The zero-order valence-electron chi connectivity index (χ0n) is 9.22. The third-order valence-corrected chi connectivity index (χ3v) is 2.08. The lowest BCUT2D eigenvalue weighted by Gasteiger charge is -2.08. The molecular formula is C12H15NO3. The molecule has 0 saturated heterocycles. The fourth-order valence-corrected chi connectivity index (χ4v) is 1.24. The molecule has 1 aromatic carbocycles. The minimum atomic E-state index is -0.366. The Morgan fingerprint density at radius 2 is 2.25 bits per heavy atom. The number of nitrogens with zero attached hydrogens (tertiary/aromatic N) is 1. The largest absolute Gasteiger partial charge is 0.493 e. The van der Waals surface area contributed by atoms with Gasteiger partial charge in [0.25, 0.3) is 0 Å². The van der Waals surface area contributed by atoms with Crippen LogP contribution in [0.5, 0.6) is 5.75 Å². The maximum Gasteiger partial charge on any atom is 0.211 e. The number of oxime groups is 1. The van der Waals surface area contributed by atoms with E-state index in [0.29, 0.717) is 17.9 Å². The number of rotatable bonds is 6. The van der Waals surface area contributed by atoms with Crippen molar-refractivity contribution in [3.05, 3.63) is 29.8 Å². The van der Waals surface area contributed by atoms with Crippen LogP contribution in [0.2, 0.25) is 0 Å². The van der Waals surface area contributed by atoms with Gasteiger partial charge in [-0.05, 0) is 18.6 Å². The molecule has 0 spiro atoms. The molecule has 0 amide bonds. The molecule has 0 aliphatic carbocycles. The molecule has 0 aliphatic rings. The lowest BCUT2D eigenvalue weighted by Crippen LogP contribution is -2.05. The van der Waals surface area contributed by atoms with E-state index in [0.717, 1.165) is 19.1 Å². The van der Waals surface area contributed by atoms with Crippen molar-refractivity contribution in [2.75, 3.05) is 6.61 Å². The molecule has 0 fully saturated rings. The molecule has 1 aromatic rings. The van der Waals surface area contributed by atoms with Gasteiger partial charge in [0.1, 0.15) is 12.0 Å². The van der Waals surface area contributed by atoms with E-state index < -0.39 is 0 Å². The zero-order chi connectivity index (χ0) is 11.8. The van der Waals surface area contributed by atoms with Crippen LogP contribution < -0.4 is 4.74 Å². The van der Waals surface area contributed by atoms with Gasteiger partial charge in [-0.3, -0.25) is 4.79 Å². The Bertz CT molecular complexity index is 374. The number of carbonyl (C=O) groups excluding carboxylic acids is 1. The summed E-state index contributed by atoms with van der Waals surface area (Å²) in [4.78, 5) is 11.5. The lowest BCUT2D eigenvalue weighted by atomic mass is 10.1. The summed E-state index contributed by atoms with van der Waals surface area (Å²) in [6, 6.07) is 6.92. The third-order valence-electron chi connectivity index (χ3n) is 2.08. The van der Waals surface area contributed by atoms with E-state index in [1.807, 2.05) is 0 Å². The molecule has 4 heteroatoms. The monoisotopic (exact) mass is 221 g/mol. The van der Waals surface area contributed by atoms with Gasteiger partial charge >= 0.3 is 0 Å². The highest BCUT2D eigenvalue weighted by molar-refractivity contribution is 6.36. The molecular weight excluding hydrogens is 206 g/mol. The van der Waals surface area contributed by atoms with E-state index in [2.05, 4.69) is 12.1 Å². The van der Waals surface area contributed by atoms with Crippen molar-refractivity contribution in [1.82, 2.24) is 0 Å². The van der Waals surface area contributed by atoms with Gasteiger partial charge in [-0.25, -0.2) is 0 Å². The van der Waals surface area contributed by atoms with Gasteiger partial charge in [-0.15, -0.1) is 0 Å². The van der Waals surface area contributed by atoms with E-state index in [-0.39, 0.29) is 5.78 Å². The van der Waals surface area contributed by atoms with Crippen molar-refractivity contribution >= 4 is 12.0 Å². The molecule has 1 rings (SSSR count). The number of hydrogen-bond donors (Lipinski definition) is 1. The lowest BCUT2D eigenvalue weighted by molar-refractivity contribution is 0.106. The molecule has 0 aromatic heterocycles. The molecule has 4 nitrogen and oxygen atoms in total. The topological polar surface area (TPSA) is 58.9 Å². The van der Waals surface area contributed by atoms with Crippen LogP contribution >= 0.6 is 0 Å². The second kappa shape index (κ2) is 6.61. The predicted octanol–water partition coefficient (Wildman–Crippen LogP) is 2.51. The molecule has 0 atom stereocenters. The van der Waals surface area contributed by atoms with Crippen LogP contribution in [0.25, 0.3) is 0 Å². The van der Waals surface area contributed by atoms with Crippen LogP contribution in [0, 0.1) is 0 Å². The summed E-state index contributed by atoms with van der Waals surface area (Å²) in [5.74, 6) is 0.162. The van der Waals surface area contributed by atoms with E-state index in [1.54, 1.807) is 24.3 Å². The maximum absolute atomic E-state index is 11.5. The first-order chi connectivity index (χ1) is 7.79. The van der Waals surface area contributed by atoms with Crippen LogP contribution in [0.1, 0.15) is 30.1 Å². The van der Waals surface area contributed by atoms with Gasteiger partial charge in [0.15, 0.2) is 0 Å². The summed E-state index contributed by atoms with van der Waals surface area (Å²) in [6.45, 7) is 2.65. The van der Waals surface area contributed by atoms with Crippen molar-refractivity contribution in [3.8, 4) is 5.75 Å². The van der Waals surface area contributed by atoms with Gasteiger partial charge < -0.3 is 9.94 Å². The minimum absolute atomic E-state index is 0.366. The van der Waals surface area contributed by atoms with E-state index in [1.165, 1.54) is 0 Å². The first-order valence-corrected chi connectivity index (χ1v) is 5.23. The van der Waals surface area contributed by atoms with Crippen molar-refractivity contribution < 1.29 is 14.7 Å². The van der Waals surface area contributed by atoms with Crippen molar-refractivity contribution in [2.45, 2.75) is 19.8 Å². The number of hydrogen-bond acceptors (Lipinski definition) is 4.